The van der Waals surface area contributed by atoms with Gasteiger partial charge in [-0.2, -0.15) is 0 Å². The molecule has 1 aliphatic rings. The molecule has 1 nitrogen and oxygen atoms in total. The first-order chi connectivity index (χ1) is 7.81. The highest BCUT2D eigenvalue weighted by molar-refractivity contribution is 9.08. The van der Waals surface area contributed by atoms with E-state index in [-0.39, 0.29) is 0 Å². The van der Waals surface area contributed by atoms with Crippen LogP contribution in [0.1, 0.15) is 43.2 Å². The lowest BCUT2D eigenvalue weighted by molar-refractivity contribution is 0.153. The van der Waals surface area contributed by atoms with Gasteiger partial charge in [0.1, 0.15) is 5.75 Å². The van der Waals surface area contributed by atoms with Crippen LogP contribution >= 0.6 is 15.9 Å². The summed E-state index contributed by atoms with van der Waals surface area (Å²) in [5.41, 5.74) is 2.52. The maximum absolute atomic E-state index is 6.18. The normalized spacial score (nSPS) is 17.4. The van der Waals surface area contributed by atoms with Crippen molar-refractivity contribution in [1.29, 1.82) is 0 Å². The van der Waals surface area contributed by atoms with E-state index in [1.807, 2.05) is 0 Å². The van der Waals surface area contributed by atoms with Gasteiger partial charge in [0.2, 0.25) is 0 Å². The average molecular weight is 283 g/mol. The minimum Gasteiger partial charge on any atom is -0.490 e. The number of hydrogen-bond acceptors (Lipinski definition) is 1. The molecule has 0 aromatic heterocycles. The quantitative estimate of drug-likeness (QED) is 0.736. The summed E-state index contributed by atoms with van der Waals surface area (Å²) >= 11 is 3.53. The molecule has 1 aromatic rings. The summed E-state index contributed by atoms with van der Waals surface area (Å²) in [4.78, 5) is 0. The minimum atomic E-state index is 0.438. The molecule has 0 amide bonds. The van der Waals surface area contributed by atoms with Crippen LogP contribution in [0.25, 0.3) is 0 Å². The van der Waals surface area contributed by atoms with Crippen molar-refractivity contribution in [3.8, 4) is 5.75 Å². The molecule has 0 radical (unpaired) electrons. The van der Waals surface area contributed by atoms with Crippen LogP contribution in [0.4, 0.5) is 0 Å². The van der Waals surface area contributed by atoms with E-state index < -0.39 is 0 Å². The second-order valence-corrected chi connectivity index (χ2v) is 5.14. The number of halogens is 1. The zero-order valence-corrected chi connectivity index (χ0v) is 11.4. The first kappa shape index (κ1) is 12.0. The summed E-state index contributed by atoms with van der Waals surface area (Å²) in [5, 5.41) is 0.872. The SMILES string of the molecule is Cc1cccc(CBr)c1OC1CCCCC1. The van der Waals surface area contributed by atoms with E-state index in [0.717, 1.165) is 11.1 Å². The van der Waals surface area contributed by atoms with Crippen LogP contribution in [0, 0.1) is 6.92 Å². The lowest BCUT2D eigenvalue weighted by Gasteiger charge is -2.25. The Morgan fingerprint density at radius 1 is 1.25 bits per heavy atom. The van der Waals surface area contributed by atoms with Gasteiger partial charge in [-0.1, -0.05) is 40.5 Å². The summed E-state index contributed by atoms with van der Waals surface area (Å²) in [6, 6.07) is 6.36. The standard InChI is InChI=1S/C14H19BrO/c1-11-6-5-7-12(10-15)14(11)16-13-8-3-2-4-9-13/h5-7,13H,2-4,8-10H2,1H3. The molecule has 1 aliphatic carbocycles. The second kappa shape index (κ2) is 5.72. The summed E-state index contributed by atoms with van der Waals surface area (Å²) in [6.45, 7) is 2.13. The van der Waals surface area contributed by atoms with E-state index in [4.69, 9.17) is 4.74 Å². The number of ether oxygens (including phenoxy) is 1. The Balaban J connectivity index is 2.12. The van der Waals surface area contributed by atoms with Crippen molar-refractivity contribution in [2.45, 2.75) is 50.5 Å². The van der Waals surface area contributed by atoms with Crippen LogP contribution < -0.4 is 4.74 Å². The van der Waals surface area contributed by atoms with Crippen LogP contribution in [0.2, 0.25) is 0 Å². The van der Waals surface area contributed by atoms with Crippen molar-refractivity contribution in [3.63, 3.8) is 0 Å². The summed E-state index contributed by atoms with van der Waals surface area (Å²) in [7, 11) is 0. The highest BCUT2D eigenvalue weighted by Gasteiger charge is 2.17. The van der Waals surface area contributed by atoms with Crippen LogP contribution in [0.3, 0.4) is 0 Å². The van der Waals surface area contributed by atoms with E-state index in [1.54, 1.807) is 0 Å². The van der Waals surface area contributed by atoms with E-state index in [1.165, 1.54) is 43.2 Å². The topological polar surface area (TPSA) is 9.23 Å². The van der Waals surface area contributed by atoms with Gasteiger partial charge in [-0.3, -0.25) is 0 Å². The van der Waals surface area contributed by atoms with E-state index in [0.29, 0.717) is 6.10 Å². The fourth-order valence-corrected chi connectivity index (χ4v) is 2.78. The Morgan fingerprint density at radius 2 is 2.00 bits per heavy atom. The van der Waals surface area contributed by atoms with Crippen LogP contribution in [0.5, 0.6) is 5.75 Å². The number of para-hydroxylation sites is 1. The lowest BCUT2D eigenvalue weighted by Crippen LogP contribution is -2.20. The van der Waals surface area contributed by atoms with E-state index >= 15 is 0 Å². The summed E-state index contributed by atoms with van der Waals surface area (Å²) in [5.74, 6) is 1.10. The van der Waals surface area contributed by atoms with E-state index in [9.17, 15) is 0 Å². The number of rotatable bonds is 3. The maximum atomic E-state index is 6.18. The molecule has 1 saturated carbocycles. The molecule has 0 spiro atoms. The largest absolute Gasteiger partial charge is 0.490 e. The van der Waals surface area contributed by atoms with Gasteiger partial charge in [-0.25, -0.2) is 0 Å². The Hall–Kier alpha value is -0.500. The molecule has 0 heterocycles. The van der Waals surface area contributed by atoms with Crippen molar-refractivity contribution >= 4 is 15.9 Å². The molecule has 0 bridgehead atoms. The molecule has 2 heteroatoms. The summed E-state index contributed by atoms with van der Waals surface area (Å²) < 4.78 is 6.18. The number of alkyl halides is 1. The lowest BCUT2D eigenvalue weighted by atomic mass is 9.97. The monoisotopic (exact) mass is 282 g/mol. The van der Waals surface area contributed by atoms with Gasteiger partial charge in [-0.05, 0) is 38.2 Å². The van der Waals surface area contributed by atoms with Crippen LogP contribution in [0.15, 0.2) is 18.2 Å². The molecule has 0 saturated heterocycles. The Bertz CT molecular complexity index is 343. The van der Waals surface area contributed by atoms with Gasteiger partial charge in [0, 0.05) is 10.9 Å². The van der Waals surface area contributed by atoms with Gasteiger partial charge in [0.25, 0.3) is 0 Å². The molecule has 0 aliphatic heterocycles. The van der Waals surface area contributed by atoms with Gasteiger partial charge < -0.3 is 4.74 Å². The molecule has 1 aromatic carbocycles. The predicted octanol–water partition coefficient (Wildman–Crippen LogP) is 4.60. The van der Waals surface area contributed by atoms with Gasteiger partial charge >= 0.3 is 0 Å². The molecule has 1 fully saturated rings. The number of benzene rings is 1. The Kier molecular flexibility index (Phi) is 4.28. The molecule has 0 unspecified atom stereocenters. The van der Waals surface area contributed by atoms with Crippen molar-refractivity contribution in [3.05, 3.63) is 29.3 Å². The third kappa shape index (κ3) is 2.79. The van der Waals surface area contributed by atoms with Crippen LogP contribution in [-0.2, 0) is 5.33 Å². The third-order valence-corrected chi connectivity index (χ3v) is 3.88. The molecule has 16 heavy (non-hydrogen) atoms. The first-order valence-electron chi connectivity index (χ1n) is 6.12. The molecule has 0 N–H and O–H groups in total. The smallest absolute Gasteiger partial charge is 0.126 e. The van der Waals surface area contributed by atoms with E-state index in [2.05, 4.69) is 41.1 Å². The van der Waals surface area contributed by atoms with Gasteiger partial charge in [0.15, 0.2) is 0 Å². The highest BCUT2D eigenvalue weighted by Crippen LogP contribution is 2.30. The van der Waals surface area contributed by atoms with Crippen molar-refractivity contribution in [2.75, 3.05) is 0 Å². The van der Waals surface area contributed by atoms with Gasteiger partial charge in [0.05, 0.1) is 6.10 Å². The molecule has 88 valence electrons. The van der Waals surface area contributed by atoms with Crippen molar-refractivity contribution in [1.82, 2.24) is 0 Å². The number of aryl methyl sites for hydroxylation is 1. The van der Waals surface area contributed by atoms with Crippen LogP contribution in [-0.4, -0.2) is 6.10 Å². The molecular weight excluding hydrogens is 264 g/mol. The number of hydrogen-bond donors (Lipinski definition) is 0. The Morgan fingerprint density at radius 3 is 2.69 bits per heavy atom. The summed E-state index contributed by atoms with van der Waals surface area (Å²) in [6.07, 6.45) is 6.89. The molecule has 2 rings (SSSR count). The highest BCUT2D eigenvalue weighted by atomic mass is 79.9. The van der Waals surface area contributed by atoms with Crippen molar-refractivity contribution < 1.29 is 4.74 Å². The molecule has 0 atom stereocenters. The maximum Gasteiger partial charge on any atom is 0.126 e. The second-order valence-electron chi connectivity index (χ2n) is 4.57. The predicted molar refractivity (Wildman–Crippen MR) is 71.3 cm³/mol. The average Bonchev–Trinajstić information content (AvgIpc) is 2.33. The fraction of sp³-hybridized carbons (Fsp3) is 0.571. The zero-order chi connectivity index (χ0) is 11.4. The third-order valence-electron chi connectivity index (χ3n) is 3.27. The fourth-order valence-electron chi connectivity index (χ4n) is 2.34. The zero-order valence-electron chi connectivity index (χ0n) is 9.84. The first-order valence-corrected chi connectivity index (χ1v) is 7.24. The van der Waals surface area contributed by atoms with Crippen molar-refractivity contribution in [2.24, 2.45) is 0 Å². The minimum absolute atomic E-state index is 0.438. The Labute approximate surface area is 106 Å². The van der Waals surface area contributed by atoms with Gasteiger partial charge in [-0.15, -0.1) is 0 Å². The molecular formula is C14H19BrO.